The summed E-state index contributed by atoms with van der Waals surface area (Å²) in [6, 6.07) is 11.4. The molecule has 0 bridgehead atoms. The molecule has 130 valence electrons. The average molecular weight is 328 g/mol. The van der Waals surface area contributed by atoms with Gasteiger partial charge in [0.05, 0.1) is 7.11 Å². The van der Waals surface area contributed by atoms with Crippen molar-refractivity contribution in [3.63, 3.8) is 0 Å². The summed E-state index contributed by atoms with van der Waals surface area (Å²) in [4.78, 5) is 0. The van der Waals surface area contributed by atoms with Crippen molar-refractivity contribution in [2.75, 3.05) is 7.11 Å². The standard InChI is InChI=1S/C20H23FO.C2H6/c1-4-14-5-7-17(15(11-14)13-20(2)9-10-20)18-12-16(22-3)6-8-19(18)21;1-2/h5-8,11-12H,4,9-10,13H2,1-3H3;1-2H3. The number of aryl methyl sites for hydroxylation is 1. The first-order chi connectivity index (χ1) is 11.5. The highest BCUT2D eigenvalue weighted by Gasteiger charge is 2.37. The lowest BCUT2D eigenvalue weighted by atomic mass is 9.89. The van der Waals surface area contributed by atoms with E-state index in [4.69, 9.17) is 4.74 Å². The van der Waals surface area contributed by atoms with Crippen molar-refractivity contribution >= 4 is 0 Å². The molecule has 0 saturated heterocycles. The van der Waals surface area contributed by atoms with E-state index in [2.05, 4.69) is 32.0 Å². The van der Waals surface area contributed by atoms with Crippen LogP contribution in [0.1, 0.15) is 51.7 Å². The average Bonchev–Trinajstić information content (AvgIpc) is 3.34. The van der Waals surface area contributed by atoms with E-state index in [1.54, 1.807) is 19.2 Å². The molecule has 0 unspecified atom stereocenters. The smallest absolute Gasteiger partial charge is 0.131 e. The third-order valence-electron chi connectivity index (χ3n) is 4.76. The summed E-state index contributed by atoms with van der Waals surface area (Å²) >= 11 is 0. The second kappa shape index (κ2) is 7.83. The first kappa shape index (κ1) is 18.5. The van der Waals surface area contributed by atoms with Crippen LogP contribution in [0.25, 0.3) is 11.1 Å². The van der Waals surface area contributed by atoms with Crippen LogP contribution in [0.3, 0.4) is 0 Å². The molecule has 0 spiro atoms. The van der Waals surface area contributed by atoms with Gasteiger partial charge in [-0.1, -0.05) is 45.9 Å². The Morgan fingerprint density at radius 2 is 1.75 bits per heavy atom. The highest BCUT2D eigenvalue weighted by atomic mass is 19.1. The molecule has 0 aliphatic heterocycles. The molecule has 1 nitrogen and oxygen atoms in total. The Morgan fingerprint density at radius 3 is 2.33 bits per heavy atom. The Hall–Kier alpha value is -1.83. The van der Waals surface area contributed by atoms with Gasteiger partial charge in [0.2, 0.25) is 0 Å². The second-order valence-corrected chi connectivity index (χ2v) is 6.68. The Labute approximate surface area is 145 Å². The van der Waals surface area contributed by atoms with Crippen molar-refractivity contribution in [1.82, 2.24) is 0 Å². The van der Waals surface area contributed by atoms with Gasteiger partial charge in [-0.2, -0.15) is 0 Å². The molecular formula is C22H29FO. The second-order valence-electron chi connectivity index (χ2n) is 6.68. The molecule has 1 aliphatic rings. The zero-order valence-corrected chi connectivity index (χ0v) is 15.6. The lowest BCUT2D eigenvalue weighted by Crippen LogP contribution is -2.03. The maximum Gasteiger partial charge on any atom is 0.131 e. The fraction of sp³-hybridized carbons (Fsp3) is 0.455. The van der Waals surface area contributed by atoms with E-state index in [0.29, 0.717) is 16.7 Å². The monoisotopic (exact) mass is 328 g/mol. The number of hydrogen-bond acceptors (Lipinski definition) is 1. The minimum absolute atomic E-state index is 0.188. The van der Waals surface area contributed by atoms with Gasteiger partial charge in [0, 0.05) is 5.56 Å². The molecule has 24 heavy (non-hydrogen) atoms. The van der Waals surface area contributed by atoms with E-state index in [-0.39, 0.29) is 5.82 Å². The third-order valence-corrected chi connectivity index (χ3v) is 4.76. The lowest BCUT2D eigenvalue weighted by molar-refractivity contribution is 0.414. The summed E-state index contributed by atoms with van der Waals surface area (Å²) < 4.78 is 19.6. The largest absolute Gasteiger partial charge is 0.497 e. The fourth-order valence-corrected chi connectivity index (χ4v) is 2.96. The van der Waals surface area contributed by atoms with Gasteiger partial charge < -0.3 is 4.74 Å². The summed E-state index contributed by atoms with van der Waals surface area (Å²) in [7, 11) is 1.61. The number of methoxy groups -OCH3 is 1. The molecule has 2 aromatic rings. The lowest BCUT2D eigenvalue weighted by Gasteiger charge is -2.16. The maximum absolute atomic E-state index is 14.3. The van der Waals surface area contributed by atoms with Crippen molar-refractivity contribution in [3.05, 3.63) is 53.3 Å². The van der Waals surface area contributed by atoms with E-state index in [1.165, 1.54) is 30.0 Å². The van der Waals surface area contributed by atoms with E-state index in [9.17, 15) is 4.39 Å². The molecule has 0 aromatic heterocycles. The molecule has 0 N–H and O–H groups in total. The van der Waals surface area contributed by atoms with Crippen LogP contribution in [0.15, 0.2) is 36.4 Å². The number of ether oxygens (including phenoxy) is 1. The van der Waals surface area contributed by atoms with Gasteiger partial charge in [0.15, 0.2) is 0 Å². The number of hydrogen-bond donors (Lipinski definition) is 0. The van der Waals surface area contributed by atoms with Crippen LogP contribution < -0.4 is 4.74 Å². The topological polar surface area (TPSA) is 9.23 Å². The minimum Gasteiger partial charge on any atom is -0.497 e. The number of benzene rings is 2. The first-order valence-corrected chi connectivity index (χ1v) is 9.00. The molecule has 1 fully saturated rings. The van der Waals surface area contributed by atoms with Gasteiger partial charge in [0.25, 0.3) is 0 Å². The van der Waals surface area contributed by atoms with Crippen LogP contribution in [0.2, 0.25) is 0 Å². The quantitative estimate of drug-likeness (QED) is 0.614. The molecule has 0 radical (unpaired) electrons. The molecule has 0 heterocycles. The molecular weight excluding hydrogens is 299 g/mol. The van der Waals surface area contributed by atoms with Crippen LogP contribution in [0.5, 0.6) is 5.75 Å². The number of halogens is 1. The molecule has 2 heteroatoms. The highest BCUT2D eigenvalue weighted by molar-refractivity contribution is 5.70. The van der Waals surface area contributed by atoms with Crippen LogP contribution in [0, 0.1) is 11.2 Å². The van der Waals surface area contributed by atoms with E-state index >= 15 is 0 Å². The Balaban J connectivity index is 0.00000100. The van der Waals surface area contributed by atoms with Crippen molar-refractivity contribution in [2.45, 2.75) is 53.4 Å². The summed E-state index contributed by atoms with van der Waals surface area (Å²) in [5, 5.41) is 0. The van der Waals surface area contributed by atoms with E-state index in [0.717, 1.165) is 18.4 Å². The molecule has 2 aromatic carbocycles. The fourth-order valence-electron chi connectivity index (χ4n) is 2.96. The third kappa shape index (κ3) is 4.17. The highest BCUT2D eigenvalue weighted by Crippen LogP contribution is 2.49. The summed E-state index contributed by atoms with van der Waals surface area (Å²) in [6.45, 7) is 8.47. The van der Waals surface area contributed by atoms with E-state index in [1.807, 2.05) is 13.8 Å². The van der Waals surface area contributed by atoms with Gasteiger partial charge in [-0.05, 0) is 66.0 Å². The van der Waals surface area contributed by atoms with Crippen LogP contribution >= 0.6 is 0 Å². The Morgan fingerprint density at radius 1 is 1.04 bits per heavy atom. The SMILES string of the molecule is CC.CCc1ccc(-c2cc(OC)ccc2F)c(CC2(C)CC2)c1. The van der Waals surface area contributed by atoms with Gasteiger partial charge in [0.1, 0.15) is 11.6 Å². The normalized spacial score (nSPS) is 14.6. The molecule has 1 aliphatic carbocycles. The predicted octanol–water partition coefficient (Wildman–Crippen LogP) is 6.43. The summed E-state index contributed by atoms with van der Waals surface area (Å²) in [5.41, 5.74) is 4.61. The Kier molecular flexibility index (Phi) is 6.04. The van der Waals surface area contributed by atoms with Crippen LogP contribution in [-0.4, -0.2) is 7.11 Å². The van der Waals surface area contributed by atoms with Crippen LogP contribution in [0.4, 0.5) is 4.39 Å². The van der Waals surface area contributed by atoms with Gasteiger partial charge >= 0.3 is 0 Å². The number of rotatable bonds is 5. The van der Waals surface area contributed by atoms with Crippen molar-refractivity contribution in [3.8, 4) is 16.9 Å². The van der Waals surface area contributed by atoms with Gasteiger partial charge in [-0.25, -0.2) is 4.39 Å². The first-order valence-electron chi connectivity index (χ1n) is 9.00. The summed E-state index contributed by atoms with van der Waals surface area (Å²) in [5.74, 6) is 0.506. The predicted molar refractivity (Wildman–Crippen MR) is 100 cm³/mol. The maximum atomic E-state index is 14.3. The van der Waals surface area contributed by atoms with E-state index < -0.39 is 0 Å². The van der Waals surface area contributed by atoms with Crippen molar-refractivity contribution < 1.29 is 9.13 Å². The molecule has 0 amide bonds. The van der Waals surface area contributed by atoms with Gasteiger partial charge in [-0.15, -0.1) is 0 Å². The van der Waals surface area contributed by atoms with Crippen molar-refractivity contribution in [1.29, 1.82) is 0 Å². The molecule has 3 rings (SSSR count). The zero-order chi connectivity index (χ0) is 17.7. The molecule has 0 atom stereocenters. The summed E-state index contributed by atoms with van der Waals surface area (Å²) in [6.07, 6.45) is 4.56. The van der Waals surface area contributed by atoms with Gasteiger partial charge in [-0.3, -0.25) is 0 Å². The van der Waals surface area contributed by atoms with Crippen molar-refractivity contribution in [2.24, 2.45) is 5.41 Å². The van der Waals surface area contributed by atoms with Crippen LogP contribution in [-0.2, 0) is 12.8 Å². The Bertz CT molecular complexity index is 686. The molecule has 1 saturated carbocycles. The minimum atomic E-state index is -0.188. The zero-order valence-electron chi connectivity index (χ0n) is 15.6.